The highest BCUT2D eigenvalue weighted by Gasteiger charge is 2.38. The minimum atomic E-state index is 0.540. The van der Waals surface area contributed by atoms with Gasteiger partial charge in [-0.25, -0.2) is 4.98 Å². The lowest BCUT2D eigenvalue weighted by molar-refractivity contribution is 0.561. The van der Waals surface area contributed by atoms with Gasteiger partial charge in [0.15, 0.2) is 0 Å². The molecule has 2 aliphatic rings. The summed E-state index contributed by atoms with van der Waals surface area (Å²) in [6.07, 6.45) is 2.49. The molecule has 2 unspecified atom stereocenters. The van der Waals surface area contributed by atoms with Crippen LogP contribution in [0.4, 0.5) is 0 Å². The normalized spacial score (nSPS) is 28.2. The fraction of sp³-hybridized carbons (Fsp3) is 0.769. The Morgan fingerprint density at radius 2 is 2.19 bits per heavy atom. The number of rotatable bonds is 2. The van der Waals surface area contributed by atoms with Gasteiger partial charge in [0.25, 0.3) is 0 Å². The minimum Gasteiger partial charge on any atom is -0.328 e. The van der Waals surface area contributed by atoms with Gasteiger partial charge in [0, 0.05) is 37.2 Å². The average Bonchev–Trinajstić information content (AvgIpc) is 2.85. The van der Waals surface area contributed by atoms with Crippen LogP contribution in [0.1, 0.15) is 56.4 Å². The van der Waals surface area contributed by atoms with Gasteiger partial charge in [-0.1, -0.05) is 20.8 Å². The van der Waals surface area contributed by atoms with Crippen molar-refractivity contribution in [2.75, 3.05) is 6.54 Å². The predicted molar refractivity (Wildman–Crippen MR) is 64.5 cm³/mol. The Morgan fingerprint density at radius 1 is 1.44 bits per heavy atom. The number of hydrogen-bond acceptors (Lipinski definition) is 2. The van der Waals surface area contributed by atoms with E-state index in [1.54, 1.807) is 0 Å². The maximum Gasteiger partial charge on any atom is 0.112 e. The molecule has 0 saturated heterocycles. The molecule has 3 rings (SSSR count). The van der Waals surface area contributed by atoms with Crippen molar-refractivity contribution >= 4 is 0 Å². The molecule has 1 aromatic rings. The molecule has 1 fully saturated rings. The Morgan fingerprint density at radius 3 is 2.81 bits per heavy atom. The SMILES string of the molecule is CC(C)c1nc2c(n1C1CC1C)CCNC2. The second-order valence-corrected chi connectivity index (χ2v) is 5.60. The van der Waals surface area contributed by atoms with Crippen molar-refractivity contribution in [1.29, 1.82) is 0 Å². The highest BCUT2D eigenvalue weighted by Crippen LogP contribution is 2.45. The summed E-state index contributed by atoms with van der Waals surface area (Å²) in [5.41, 5.74) is 2.81. The number of hydrogen-bond donors (Lipinski definition) is 1. The molecule has 2 atom stereocenters. The standard InChI is InChI=1S/C13H21N3/c1-8(2)13-15-10-7-14-5-4-11(10)16(13)12-6-9(12)3/h8-9,12,14H,4-7H2,1-3H3. The van der Waals surface area contributed by atoms with Gasteiger partial charge in [-0.05, 0) is 12.3 Å². The summed E-state index contributed by atoms with van der Waals surface area (Å²) in [7, 11) is 0. The van der Waals surface area contributed by atoms with E-state index in [-0.39, 0.29) is 0 Å². The number of nitrogens with one attached hydrogen (secondary N) is 1. The van der Waals surface area contributed by atoms with Crippen LogP contribution in [0.25, 0.3) is 0 Å². The summed E-state index contributed by atoms with van der Waals surface area (Å²) >= 11 is 0. The van der Waals surface area contributed by atoms with Crippen molar-refractivity contribution in [2.24, 2.45) is 5.92 Å². The number of imidazole rings is 1. The number of aromatic nitrogens is 2. The van der Waals surface area contributed by atoms with Crippen LogP contribution in [0.15, 0.2) is 0 Å². The molecule has 1 aliphatic heterocycles. The van der Waals surface area contributed by atoms with Gasteiger partial charge in [-0.2, -0.15) is 0 Å². The van der Waals surface area contributed by atoms with Crippen molar-refractivity contribution in [3.8, 4) is 0 Å². The van der Waals surface area contributed by atoms with Crippen LogP contribution in [-0.4, -0.2) is 16.1 Å². The molecule has 3 heteroatoms. The Balaban J connectivity index is 2.07. The quantitative estimate of drug-likeness (QED) is 0.826. The van der Waals surface area contributed by atoms with Gasteiger partial charge in [-0.3, -0.25) is 0 Å². The first-order valence-electron chi connectivity index (χ1n) is 6.49. The van der Waals surface area contributed by atoms with E-state index in [1.807, 2.05) is 0 Å². The molecule has 88 valence electrons. The number of fused-ring (bicyclic) bond motifs is 1. The number of nitrogens with zero attached hydrogens (tertiary/aromatic N) is 2. The Hall–Kier alpha value is -0.830. The zero-order valence-corrected chi connectivity index (χ0v) is 10.5. The molecule has 0 spiro atoms. The van der Waals surface area contributed by atoms with E-state index in [9.17, 15) is 0 Å². The van der Waals surface area contributed by atoms with Crippen LogP contribution in [0.3, 0.4) is 0 Å². The van der Waals surface area contributed by atoms with Crippen molar-refractivity contribution in [3.05, 3.63) is 17.2 Å². The van der Waals surface area contributed by atoms with Gasteiger partial charge >= 0.3 is 0 Å². The highest BCUT2D eigenvalue weighted by atomic mass is 15.2. The second-order valence-electron chi connectivity index (χ2n) is 5.60. The molecular weight excluding hydrogens is 198 g/mol. The third kappa shape index (κ3) is 1.49. The molecule has 2 heterocycles. The van der Waals surface area contributed by atoms with E-state index < -0.39 is 0 Å². The first-order chi connectivity index (χ1) is 7.68. The Labute approximate surface area is 97.3 Å². The topological polar surface area (TPSA) is 29.9 Å². The van der Waals surface area contributed by atoms with E-state index in [0.717, 1.165) is 31.5 Å². The predicted octanol–water partition coefficient (Wildman–Crippen LogP) is 2.23. The molecule has 0 amide bonds. The van der Waals surface area contributed by atoms with E-state index in [2.05, 4.69) is 30.7 Å². The van der Waals surface area contributed by atoms with Crippen LogP contribution in [-0.2, 0) is 13.0 Å². The highest BCUT2D eigenvalue weighted by molar-refractivity contribution is 5.24. The average molecular weight is 219 g/mol. The first-order valence-corrected chi connectivity index (χ1v) is 6.49. The first kappa shape index (κ1) is 10.3. The maximum absolute atomic E-state index is 4.85. The van der Waals surface area contributed by atoms with Crippen molar-refractivity contribution in [2.45, 2.75) is 52.1 Å². The fourth-order valence-corrected chi connectivity index (χ4v) is 2.79. The molecule has 16 heavy (non-hydrogen) atoms. The lowest BCUT2D eigenvalue weighted by Gasteiger charge is -2.17. The van der Waals surface area contributed by atoms with E-state index in [1.165, 1.54) is 23.6 Å². The summed E-state index contributed by atoms with van der Waals surface area (Å²) in [5.74, 6) is 2.70. The third-order valence-electron chi connectivity index (χ3n) is 3.87. The van der Waals surface area contributed by atoms with Gasteiger partial charge in [0.05, 0.1) is 5.69 Å². The zero-order chi connectivity index (χ0) is 11.3. The van der Waals surface area contributed by atoms with Crippen LogP contribution in [0, 0.1) is 5.92 Å². The van der Waals surface area contributed by atoms with Crippen LogP contribution < -0.4 is 5.32 Å². The second kappa shape index (κ2) is 3.59. The fourth-order valence-electron chi connectivity index (χ4n) is 2.79. The van der Waals surface area contributed by atoms with Crippen molar-refractivity contribution < 1.29 is 0 Å². The molecule has 1 aliphatic carbocycles. The smallest absolute Gasteiger partial charge is 0.112 e. The van der Waals surface area contributed by atoms with Gasteiger partial charge in [-0.15, -0.1) is 0 Å². The lowest BCUT2D eigenvalue weighted by Crippen LogP contribution is -2.25. The van der Waals surface area contributed by atoms with Crippen LogP contribution in [0.5, 0.6) is 0 Å². The third-order valence-corrected chi connectivity index (χ3v) is 3.87. The summed E-state index contributed by atoms with van der Waals surface area (Å²) in [5, 5.41) is 3.42. The molecule has 1 aromatic heterocycles. The van der Waals surface area contributed by atoms with Gasteiger partial charge in [0.2, 0.25) is 0 Å². The van der Waals surface area contributed by atoms with Crippen LogP contribution >= 0.6 is 0 Å². The molecule has 0 bridgehead atoms. The summed E-state index contributed by atoms with van der Waals surface area (Å²) < 4.78 is 2.56. The molecule has 3 nitrogen and oxygen atoms in total. The van der Waals surface area contributed by atoms with Crippen molar-refractivity contribution in [3.63, 3.8) is 0 Å². The molecule has 0 radical (unpaired) electrons. The Kier molecular flexibility index (Phi) is 2.32. The molecule has 1 N–H and O–H groups in total. The zero-order valence-electron chi connectivity index (χ0n) is 10.5. The molecular formula is C13H21N3. The maximum atomic E-state index is 4.85. The summed E-state index contributed by atoms with van der Waals surface area (Å²) in [6.45, 7) is 8.93. The monoisotopic (exact) mass is 219 g/mol. The van der Waals surface area contributed by atoms with Gasteiger partial charge in [0.1, 0.15) is 5.82 Å². The molecule has 1 saturated carbocycles. The minimum absolute atomic E-state index is 0.540. The Bertz CT molecular complexity index is 406. The molecule has 0 aromatic carbocycles. The van der Waals surface area contributed by atoms with Gasteiger partial charge < -0.3 is 9.88 Å². The largest absolute Gasteiger partial charge is 0.328 e. The lowest BCUT2D eigenvalue weighted by atomic mass is 10.1. The van der Waals surface area contributed by atoms with Crippen molar-refractivity contribution in [1.82, 2.24) is 14.9 Å². The van der Waals surface area contributed by atoms with Crippen LogP contribution in [0.2, 0.25) is 0 Å². The van der Waals surface area contributed by atoms with E-state index in [4.69, 9.17) is 4.98 Å². The summed E-state index contributed by atoms with van der Waals surface area (Å²) in [4.78, 5) is 4.85. The summed E-state index contributed by atoms with van der Waals surface area (Å²) in [6, 6.07) is 0.742. The van der Waals surface area contributed by atoms with E-state index in [0.29, 0.717) is 5.92 Å². The van der Waals surface area contributed by atoms with E-state index >= 15 is 0 Å².